The van der Waals surface area contributed by atoms with E-state index >= 15 is 0 Å². The molecule has 1 fully saturated rings. The molecule has 46 heavy (non-hydrogen) atoms. The van der Waals surface area contributed by atoms with E-state index in [0.717, 1.165) is 65.2 Å². The maximum atomic E-state index is 11.6. The highest BCUT2D eigenvalue weighted by Crippen LogP contribution is 2.38. The lowest BCUT2D eigenvalue weighted by Gasteiger charge is -2.27. The molecule has 0 amide bonds. The number of fused-ring (bicyclic) bond motifs is 1. The van der Waals surface area contributed by atoms with E-state index in [1.807, 2.05) is 36.4 Å². The first kappa shape index (κ1) is 31.6. The third-order valence-corrected chi connectivity index (χ3v) is 8.85. The highest BCUT2D eigenvalue weighted by atomic mass is 35.5. The van der Waals surface area contributed by atoms with E-state index < -0.39 is 5.97 Å². The molecular formula is C37H38ClNO7. The van der Waals surface area contributed by atoms with Crippen LogP contribution in [-0.2, 0) is 19.8 Å². The van der Waals surface area contributed by atoms with Gasteiger partial charge in [0.1, 0.15) is 43.7 Å². The predicted molar refractivity (Wildman–Crippen MR) is 177 cm³/mol. The summed E-state index contributed by atoms with van der Waals surface area (Å²) in [6.07, 6.45) is 3.56. The van der Waals surface area contributed by atoms with Crippen molar-refractivity contribution in [2.75, 3.05) is 33.4 Å². The van der Waals surface area contributed by atoms with E-state index in [4.69, 9.17) is 35.3 Å². The van der Waals surface area contributed by atoms with Gasteiger partial charge in [-0.1, -0.05) is 42.3 Å². The molecule has 240 valence electrons. The summed E-state index contributed by atoms with van der Waals surface area (Å²) in [6, 6.07) is 20.7. The van der Waals surface area contributed by atoms with Crippen LogP contribution >= 0.6 is 11.6 Å². The normalized spacial score (nSPS) is 14.5. The summed E-state index contributed by atoms with van der Waals surface area (Å²) in [4.78, 5) is 14.0. The van der Waals surface area contributed by atoms with Crippen molar-refractivity contribution in [3.63, 3.8) is 0 Å². The van der Waals surface area contributed by atoms with Crippen molar-refractivity contribution in [2.24, 2.45) is 0 Å². The molecule has 0 spiro atoms. The molecule has 0 unspecified atom stereocenters. The summed E-state index contributed by atoms with van der Waals surface area (Å²) in [5.41, 5.74) is 6.00. The number of aromatic carboxylic acids is 1. The standard InChI is InChI=1S/C37H38ClNO7/c1-24-27(7-6-8-30(24)25-9-12-33-36(19-25)44-16-15-43-33)22-46-35-20-34(28(18-31(35)38)21-39-13-4-3-5-14-39)45-23-29-17-26(37(40)41)10-11-32(29)42-2/h6-12,17-20H,3-5,13-16,21-23H2,1-2H3,(H,40,41). The summed E-state index contributed by atoms with van der Waals surface area (Å²) >= 11 is 6.83. The fourth-order valence-electron chi connectivity index (χ4n) is 6.00. The highest BCUT2D eigenvalue weighted by Gasteiger charge is 2.19. The molecule has 2 heterocycles. The van der Waals surface area contributed by atoms with Crippen LogP contribution in [0.15, 0.2) is 66.7 Å². The molecule has 1 N–H and O–H groups in total. The van der Waals surface area contributed by atoms with Crippen LogP contribution in [-0.4, -0.2) is 49.4 Å². The van der Waals surface area contributed by atoms with E-state index in [2.05, 4.69) is 24.0 Å². The lowest BCUT2D eigenvalue weighted by Crippen LogP contribution is -2.29. The molecule has 2 aliphatic rings. The molecule has 4 aromatic carbocycles. The Morgan fingerprint density at radius 1 is 0.826 bits per heavy atom. The van der Waals surface area contributed by atoms with Crippen LogP contribution in [0.25, 0.3) is 11.1 Å². The molecule has 0 radical (unpaired) electrons. The van der Waals surface area contributed by atoms with Crippen LogP contribution in [0.1, 0.15) is 51.9 Å². The van der Waals surface area contributed by atoms with Crippen LogP contribution in [0, 0.1) is 6.92 Å². The number of carboxylic acids is 1. The predicted octanol–water partition coefficient (Wildman–Crippen LogP) is 7.94. The van der Waals surface area contributed by atoms with E-state index in [0.29, 0.717) is 54.2 Å². The highest BCUT2D eigenvalue weighted by molar-refractivity contribution is 6.32. The molecule has 0 atom stereocenters. The fraction of sp³-hybridized carbons (Fsp3) is 0.324. The van der Waals surface area contributed by atoms with Crippen molar-refractivity contribution in [3.05, 3.63) is 99.6 Å². The Hall–Kier alpha value is -4.40. The summed E-state index contributed by atoms with van der Waals surface area (Å²) in [6.45, 7) is 6.33. The van der Waals surface area contributed by atoms with Gasteiger partial charge in [0.25, 0.3) is 0 Å². The van der Waals surface area contributed by atoms with Crippen molar-refractivity contribution in [3.8, 4) is 39.9 Å². The van der Waals surface area contributed by atoms with E-state index in [-0.39, 0.29) is 12.2 Å². The number of hydrogen-bond donors (Lipinski definition) is 1. The molecule has 8 nitrogen and oxygen atoms in total. The van der Waals surface area contributed by atoms with Gasteiger partial charge < -0.3 is 28.8 Å². The van der Waals surface area contributed by atoms with Crippen LogP contribution in [0.5, 0.6) is 28.7 Å². The van der Waals surface area contributed by atoms with E-state index in [1.54, 1.807) is 19.2 Å². The van der Waals surface area contributed by atoms with Crippen molar-refractivity contribution in [1.29, 1.82) is 0 Å². The van der Waals surface area contributed by atoms with Crippen molar-refractivity contribution >= 4 is 17.6 Å². The number of halogens is 1. The van der Waals surface area contributed by atoms with Gasteiger partial charge in [0.05, 0.1) is 17.7 Å². The smallest absolute Gasteiger partial charge is 0.335 e. The van der Waals surface area contributed by atoms with Crippen molar-refractivity contribution in [2.45, 2.75) is 45.9 Å². The number of nitrogens with zero attached hydrogens (tertiary/aromatic N) is 1. The fourth-order valence-corrected chi connectivity index (χ4v) is 6.24. The van der Waals surface area contributed by atoms with Gasteiger partial charge in [-0.05, 0) is 91.5 Å². The first-order valence-electron chi connectivity index (χ1n) is 15.6. The zero-order valence-corrected chi connectivity index (χ0v) is 26.9. The van der Waals surface area contributed by atoms with Gasteiger partial charge in [0.2, 0.25) is 0 Å². The second-order valence-electron chi connectivity index (χ2n) is 11.6. The third kappa shape index (κ3) is 7.19. The maximum Gasteiger partial charge on any atom is 0.335 e. The quantitative estimate of drug-likeness (QED) is 0.176. The SMILES string of the molecule is COc1ccc(C(=O)O)cc1COc1cc(OCc2cccc(-c3ccc4c(c3)OCCO4)c2C)c(Cl)cc1CN1CCCCC1. The monoisotopic (exact) mass is 643 g/mol. The lowest BCUT2D eigenvalue weighted by molar-refractivity contribution is 0.0696. The topological polar surface area (TPSA) is 86.7 Å². The minimum atomic E-state index is -1.01. The van der Waals surface area contributed by atoms with Gasteiger partial charge in [-0.25, -0.2) is 4.79 Å². The second kappa shape index (κ2) is 14.4. The van der Waals surface area contributed by atoms with Crippen LogP contribution < -0.4 is 23.7 Å². The van der Waals surface area contributed by atoms with Gasteiger partial charge in [0, 0.05) is 23.7 Å². The summed E-state index contributed by atoms with van der Waals surface area (Å²) in [5, 5.41) is 10.0. The number of likely N-dealkylation sites (tertiary alicyclic amines) is 1. The van der Waals surface area contributed by atoms with Crippen molar-refractivity contribution < 1.29 is 33.6 Å². The molecule has 2 aliphatic heterocycles. The number of methoxy groups -OCH3 is 1. The van der Waals surface area contributed by atoms with Gasteiger partial charge in [-0.15, -0.1) is 0 Å². The lowest BCUT2D eigenvalue weighted by atomic mass is 9.96. The number of piperidine rings is 1. The first-order chi connectivity index (χ1) is 22.4. The Morgan fingerprint density at radius 3 is 2.37 bits per heavy atom. The minimum Gasteiger partial charge on any atom is -0.496 e. The first-order valence-corrected chi connectivity index (χ1v) is 16.0. The number of hydrogen-bond acceptors (Lipinski definition) is 7. The number of ether oxygens (including phenoxy) is 5. The van der Waals surface area contributed by atoms with E-state index in [9.17, 15) is 9.90 Å². The Kier molecular flexibility index (Phi) is 9.85. The molecule has 1 saturated heterocycles. The second-order valence-corrected chi connectivity index (χ2v) is 12.0. The Bertz CT molecular complexity index is 1720. The zero-order chi connectivity index (χ0) is 32.0. The van der Waals surface area contributed by atoms with Gasteiger partial charge in [-0.3, -0.25) is 4.90 Å². The van der Waals surface area contributed by atoms with Gasteiger partial charge in [0.15, 0.2) is 11.5 Å². The van der Waals surface area contributed by atoms with Gasteiger partial charge >= 0.3 is 5.97 Å². The molecule has 0 aliphatic carbocycles. The molecule has 4 aromatic rings. The number of carboxylic acid groups (broad SMARTS) is 1. The van der Waals surface area contributed by atoms with Crippen LogP contribution in [0.3, 0.4) is 0 Å². The Balaban J connectivity index is 1.25. The number of carbonyl (C=O) groups is 1. The van der Waals surface area contributed by atoms with E-state index in [1.165, 1.54) is 12.5 Å². The minimum absolute atomic E-state index is 0.120. The molecule has 9 heteroatoms. The molecule has 6 rings (SSSR count). The zero-order valence-electron chi connectivity index (χ0n) is 26.1. The molecule has 0 saturated carbocycles. The van der Waals surface area contributed by atoms with Crippen molar-refractivity contribution in [1.82, 2.24) is 4.90 Å². The summed E-state index contributed by atoms with van der Waals surface area (Å²) < 4.78 is 29.7. The maximum absolute atomic E-state index is 11.6. The molecular weight excluding hydrogens is 606 g/mol. The molecule has 0 aromatic heterocycles. The summed E-state index contributed by atoms with van der Waals surface area (Å²) in [5.74, 6) is 2.20. The van der Waals surface area contributed by atoms with Gasteiger partial charge in [-0.2, -0.15) is 0 Å². The Morgan fingerprint density at radius 2 is 1.59 bits per heavy atom. The summed E-state index contributed by atoms with van der Waals surface area (Å²) in [7, 11) is 1.56. The van der Waals surface area contributed by atoms with Crippen LogP contribution in [0.4, 0.5) is 0 Å². The average Bonchev–Trinajstić information content (AvgIpc) is 3.08. The Labute approximate surface area is 274 Å². The third-order valence-electron chi connectivity index (χ3n) is 8.55. The number of rotatable bonds is 11. The van der Waals surface area contributed by atoms with Crippen LogP contribution in [0.2, 0.25) is 5.02 Å². The number of benzene rings is 4. The largest absolute Gasteiger partial charge is 0.496 e. The average molecular weight is 644 g/mol. The molecule has 0 bridgehead atoms.